The Hall–Kier alpha value is -4.53. The van der Waals surface area contributed by atoms with Gasteiger partial charge in [-0.3, -0.25) is 14.4 Å². The van der Waals surface area contributed by atoms with Crippen molar-refractivity contribution in [3.05, 3.63) is 81.5 Å². The van der Waals surface area contributed by atoms with Crippen molar-refractivity contribution in [3.8, 4) is 28.4 Å². The van der Waals surface area contributed by atoms with Gasteiger partial charge in [-0.2, -0.15) is 0 Å². The van der Waals surface area contributed by atoms with Crippen LogP contribution in [0.25, 0.3) is 11.1 Å². The second-order valence-electron chi connectivity index (χ2n) is 9.68. The minimum absolute atomic E-state index is 0.0858. The molecule has 4 rings (SSSR count). The quantitative estimate of drug-likeness (QED) is 0.339. The Morgan fingerprint density at radius 1 is 1.00 bits per heavy atom. The van der Waals surface area contributed by atoms with Gasteiger partial charge in [0.2, 0.25) is 17.1 Å². The third kappa shape index (κ3) is 6.03. The van der Waals surface area contributed by atoms with E-state index in [0.717, 1.165) is 22.3 Å². The maximum atomic E-state index is 13.5. The molecular weight excluding hydrogens is 512 g/mol. The van der Waals surface area contributed by atoms with E-state index in [4.69, 9.17) is 14.2 Å². The monoisotopic (exact) mass is 546 g/mol. The van der Waals surface area contributed by atoms with Crippen molar-refractivity contribution >= 4 is 17.6 Å². The number of carbonyl (C=O) groups is 2. The van der Waals surface area contributed by atoms with Crippen LogP contribution >= 0.6 is 0 Å². The molecule has 1 aliphatic rings. The Labute approximate surface area is 233 Å². The molecule has 0 aromatic heterocycles. The van der Waals surface area contributed by atoms with Crippen LogP contribution in [0.3, 0.4) is 0 Å². The molecule has 0 saturated carbocycles. The minimum Gasteiger partial charge on any atom is -0.493 e. The number of hydrogen-bond donors (Lipinski definition) is 3. The van der Waals surface area contributed by atoms with E-state index < -0.39 is 12.0 Å². The highest BCUT2D eigenvalue weighted by molar-refractivity contribution is 5.83. The number of fused-ring (bicyclic) bond motifs is 3. The van der Waals surface area contributed by atoms with Gasteiger partial charge in [-0.25, -0.2) is 0 Å². The molecule has 1 aliphatic carbocycles. The molecule has 1 unspecified atom stereocenters. The Balaban J connectivity index is 1.84. The van der Waals surface area contributed by atoms with Crippen LogP contribution in [0.1, 0.15) is 48.4 Å². The van der Waals surface area contributed by atoms with Gasteiger partial charge in [0.15, 0.2) is 11.5 Å². The first-order valence-corrected chi connectivity index (χ1v) is 13.1. The number of ether oxygens (including phenoxy) is 3. The summed E-state index contributed by atoms with van der Waals surface area (Å²) >= 11 is 0. The van der Waals surface area contributed by atoms with Gasteiger partial charge in [0.25, 0.3) is 0 Å². The van der Waals surface area contributed by atoms with Crippen LogP contribution in [0.5, 0.6) is 17.2 Å². The van der Waals surface area contributed by atoms with Gasteiger partial charge in [-0.05, 0) is 53.3 Å². The molecule has 2 atom stereocenters. The number of hydrogen-bond acceptors (Lipinski definition) is 7. The molecule has 210 valence electrons. The number of rotatable bonds is 10. The summed E-state index contributed by atoms with van der Waals surface area (Å²) in [6, 6.07) is 15.9. The van der Waals surface area contributed by atoms with Gasteiger partial charge in [-0.1, -0.05) is 36.4 Å². The summed E-state index contributed by atoms with van der Waals surface area (Å²) in [6.07, 6.45) is 1.07. The van der Waals surface area contributed by atoms with Crippen LogP contribution in [0.15, 0.2) is 59.4 Å². The Bertz CT molecular complexity index is 1460. The predicted octanol–water partition coefficient (Wildman–Crippen LogP) is 4.53. The zero-order chi connectivity index (χ0) is 28.8. The number of aliphatic carboxylic acids is 1. The molecule has 1 amide bonds. The maximum Gasteiger partial charge on any atom is 0.304 e. The second-order valence-corrected chi connectivity index (χ2v) is 9.68. The van der Waals surface area contributed by atoms with E-state index in [0.29, 0.717) is 41.3 Å². The van der Waals surface area contributed by atoms with Crippen molar-refractivity contribution in [2.75, 3.05) is 33.2 Å². The van der Waals surface area contributed by atoms with Crippen LogP contribution in [-0.2, 0) is 16.0 Å². The van der Waals surface area contributed by atoms with Crippen molar-refractivity contribution in [1.82, 2.24) is 5.32 Å². The highest BCUT2D eigenvalue weighted by atomic mass is 16.5. The molecule has 0 fully saturated rings. The highest BCUT2D eigenvalue weighted by Crippen LogP contribution is 2.50. The van der Waals surface area contributed by atoms with Gasteiger partial charge in [-0.15, -0.1) is 0 Å². The standard InChI is InChI=1S/C31H34N2O7/c1-18(34)33-24-12-10-20-14-27(38-2)30(39-3)31(40-4)29(20)22-11-13-25(26(35)16-23(22)24)32-17-21(15-28(36)37)19-8-6-5-7-9-19/h5-9,11,13-14,16,21,24H,10,12,15,17H2,1-4H3,(H,32,35)(H,33,34)(H,36,37)/t21?,24-/m0/s1. The number of aryl methyl sites for hydroxylation is 1. The molecule has 3 aromatic carbocycles. The maximum absolute atomic E-state index is 13.5. The fourth-order valence-corrected chi connectivity index (χ4v) is 5.33. The van der Waals surface area contributed by atoms with Crippen molar-refractivity contribution < 1.29 is 28.9 Å². The van der Waals surface area contributed by atoms with E-state index in [1.165, 1.54) is 20.1 Å². The van der Waals surface area contributed by atoms with Crippen LogP contribution in [0, 0.1) is 0 Å². The van der Waals surface area contributed by atoms with Crippen molar-refractivity contribution in [2.45, 2.75) is 38.1 Å². The zero-order valence-electron chi connectivity index (χ0n) is 23.1. The van der Waals surface area contributed by atoms with E-state index >= 15 is 0 Å². The van der Waals surface area contributed by atoms with Crippen molar-refractivity contribution in [1.29, 1.82) is 0 Å². The molecule has 0 bridgehead atoms. The van der Waals surface area contributed by atoms with Crippen LogP contribution in [-0.4, -0.2) is 44.9 Å². The molecule has 0 radical (unpaired) electrons. The lowest BCUT2D eigenvalue weighted by molar-refractivity contribution is -0.137. The van der Waals surface area contributed by atoms with Gasteiger partial charge >= 0.3 is 5.97 Å². The molecular formula is C31H34N2O7. The van der Waals surface area contributed by atoms with Gasteiger partial charge < -0.3 is 30.0 Å². The summed E-state index contributed by atoms with van der Waals surface area (Å²) in [5, 5.41) is 15.7. The highest BCUT2D eigenvalue weighted by Gasteiger charge is 2.29. The summed E-state index contributed by atoms with van der Waals surface area (Å²) in [5.74, 6) is -0.0452. The summed E-state index contributed by atoms with van der Waals surface area (Å²) in [4.78, 5) is 37.2. The van der Waals surface area contributed by atoms with E-state index in [1.807, 2.05) is 42.5 Å². The third-order valence-corrected chi connectivity index (χ3v) is 7.15. The Morgan fingerprint density at radius 3 is 2.35 bits per heavy atom. The van der Waals surface area contributed by atoms with Crippen LogP contribution < -0.4 is 30.3 Å². The normalized spacial score (nSPS) is 14.6. The molecule has 40 heavy (non-hydrogen) atoms. The molecule has 9 heteroatoms. The fourth-order valence-electron chi connectivity index (χ4n) is 5.33. The lowest BCUT2D eigenvalue weighted by Crippen LogP contribution is -2.26. The number of carboxylic acids is 1. The number of nitrogens with one attached hydrogen (secondary N) is 2. The molecule has 0 heterocycles. The molecule has 3 N–H and O–H groups in total. The zero-order valence-corrected chi connectivity index (χ0v) is 23.1. The number of carbonyl (C=O) groups excluding carboxylic acids is 1. The van der Waals surface area contributed by atoms with Crippen molar-refractivity contribution in [2.24, 2.45) is 0 Å². The van der Waals surface area contributed by atoms with Crippen LogP contribution in [0.4, 0.5) is 5.69 Å². The first-order chi connectivity index (χ1) is 19.3. The van der Waals surface area contributed by atoms with E-state index in [2.05, 4.69) is 10.6 Å². The first-order valence-electron chi connectivity index (χ1n) is 13.1. The molecule has 0 aliphatic heterocycles. The Kier molecular flexibility index (Phi) is 8.93. The summed E-state index contributed by atoms with van der Waals surface area (Å²) in [7, 11) is 4.64. The number of benzene rings is 2. The van der Waals surface area contributed by atoms with Gasteiger partial charge in [0.1, 0.15) is 0 Å². The second kappa shape index (κ2) is 12.5. The predicted molar refractivity (Wildman–Crippen MR) is 153 cm³/mol. The average Bonchev–Trinajstić information content (AvgIpc) is 3.18. The third-order valence-electron chi connectivity index (χ3n) is 7.15. The number of carboxylic acid groups (broad SMARTS) is 1. The topological polar surface area (TPSA) is 123 Å². The lowest BCUT2D eigenvalue weighted by Gasteiger charge is -2.19. The van der Waals surface area contributed by atoms with Crippen molar-refractivity contribution in [3.63, 3.8) is 0 Å². The Morgan fingerprint density at radius 2 is 1.73 bits per heavy atom. The largest absolute Gasteiger partial charge is 0.493 e. The molecule has 0 saturated heterocycles. The number of anilines is 1. The van der Waals surface area contributed by atoms with E-state index in [-0.39, 0.29) is 30.2 Å². The lowest BCUT2D eigenvalue weighted by atomic mass is 9.95. The number of amides is 1. The van der Waals surface area contributed by atoms with Gasteiger partial charge in [0.05, 0.1) is 39.5 Å². The smallest absolute Gasteiger partial charge is 0.304 e. The van der Waals surface area contributed by atoms with Crippen LogP contribution in [0.2, 0.25) is 0 Å². The summed E-state index contributed by atoms with van der Waals surface area (Å²) in [5.41, 5.74) is 3.98. The first kappa shape index (κ1) is 28.5. The fraction of sp³-hybridized carbons (Fsp3) is 0.323. The summed E-state index contributed by atoms with van der Waals surface area (Å²) in [6.45, 7) is 1.70. The number of methoxy groups -OCH3 is 3. The minimum atomic E-state index is -0.922. The molecule has 0 spiro atoms. The molecule has 9 nitrogen and oxygen atoms in total. The average molecular weight is 547 g/mol. The van der Waals surface area contributed by atoms with E-state index in [9.17, 15) is 19.5 Å². The summed E-state index contributed by atoms with van der Waals surface area (Å²) < 4.78 is 17.0. The molecule has 3 aromatic rings. The SMILES string of the molecule is COc1cc2c(c(OC)c1OC)-c1ccc(NCC(CC(=O)O)c3ccccc3)c(=O)cc1[C@@H](NC(C)=O)CC2. The van der Waals surface area contributed by atoms with E-state index in [1.54, 1.807) is 20.3 Å². The van der Waals surface area contributed by atoms with Gasteiger partial charge in [0, 0.05) is 24.9 Å².